The molecule has 0 aliphatic rings. The van der Waals surface area contributed by atoms with Crippen LogP contribution in [0.4, 0.5) is 0 Å². The van der Waals surface area contributed by atoms with Crippen molar-refractivity contribution in [1.82, 2.24) is 4.90 Å². The normalized spacial score (nSPS) is 11.7. The molecule has 0 aromatic heterocycles. The number of ether oxygens (including phenoxy) is 1. The summed E-state index contributed by atoms with van der Waals surface area (Å²) in [6.07, 6.45) is 9.67. The van der Waals surface area contributed by atoms with Crippen molar-refractivity contribution in [1.29, 1.82) is 0 Å². The van der Waals surface area contributed by atoms with Gasteiger partial charge in [0.1, 0.15) is 0 Å². The Balaban J connectivity index is 3.46. The summed E-state index contributed by atoms with van der Waals surface area (Å²) in [5.74, 6) is 0.751. The first-order valence-electron chi connectivity index (χ1n) is 7.98. The summed E-state index contributed by atoms with van der Waals surface area (Å²) in [7, 11) is 1.79. The van der Waals surface area contributed by atoms with Gasteiger partial charge in [-0.25, -0.2) is 0 Å². The van der Waals surface area contributed by atoms with Crippen LogP contribution in [0.15, 0.2) is 0 Å². The van der Waals surface area contributed by atoms with Crippen LogP contribution in [0.1, 0.15) is 58.8 Å². The summed E-state index contributed by atoms with van der Waals surface area (Å²) in [6.45, 7) is 8.98. The molecule has 0 aromatic carbocycles. The number of rotatable bonds is 14. The van der Waals surface area contributed by atoms with E-state index in [2.05, 4.69) is 34.7 Å². The summed E-state index contributed by atoms with van der Waals surface area (Å²) >= 11 is 3.48. The zero-order chi connectivity index (χ0) is 14.3. The van der Waals surface area contributed by atoms with Crippen LogP contribution in [0.5, 0.6) is 0 Å². The lowest BCUT2D eigenvalue weighted by Crippen LogP contribution is -2.32. The van der Waals surface area contributed by atoms with Gasteiger partial charge in [0.2, 0.25) is 0 Å². The van der Waals surface area contributed by atoms with Gasteiger partial charge in [-0.05, 0) is 25.3 Å². The standard InChI is InChI=1S/C16H34BrNO/c1-16(2)15-18(13-14-19-3)12-10-8-6-4-5-7-9-11-17/h16H,4-15H2,1-3H3. The Bertz CT molecular complexity index is 176. The highest BCUT2D eigenvalue weighted by Crippen LogP contribution is 2.09. The highest BCUT2D eigenvalue weighted by molar-refractivity contribution is 9.09. The van der Waals surface area contributed by atoms with Crippen LogP contribution < -0.4 is 0 Å². The number of hydrogen-bond acceptors (Lipinski definition) is 2. The van der Waals surface area contributed by atoms with Crippen molar-refractivity contribution < 1.29 is 4.74 Å². The Morgan fingerprint density at radius 2 is 1.47 bits per heavy atom. The molecule has 0 unspecified atom stereocenters. The Morgan fingerprint density at radius 1 is 0.895 bits per heavy atom. The SMILES string of the molecule is COCCN(CCCCCCCCCBr)CC(C)C. The lowest BCUT2D eigenvalue weighted by molar-refractivity contribution is 0.138. The quantitative estimate of drug-likeness (QED) is 0.336. The monoisotopic (exact) mass is 335 g/mol. The summed E-state index contributed by atoms with van der Waals surface area (Å²) in [5, 5.41) is 1.16. The molecule has 116 valence electrons. The second-order valence-electron chi connectivity index (χ2n) is 5.85. The first kappa shape index (κ1) is 19.4. The molecule has 0 heterocycles. The zero-order valence-corrected chi connectivity index (χ0v) is 14.9. The van der Waals surface area contributed by atoms with Crippen molar-refractivity contribution in [3.8, 4) is 0 Å². The van der Waals surface area contributed by atoms with E-state index in [1.165, 1.54) is 58.0 Å². The third-order valence-electron chi connectivity index (χ3n) is 3.34. The molecule has 0 atom stereocenters. The molecule has 0 aliphatic carbocycles. The highest BCUT2D eigenvalue weighted by Gasteiger charge is 2.06. The number of halogens is 1. The molecule has 2 nitrogen and oxygen atoms in total. The van der Waals surface area contributed by atoms with E-state index >= 15 is 0 Å². The number of unbranched alkanes of at least 4 members (excludes halogenated alkanes) is 6. The summed E-state index contributed by atoms with van der Waals surface area (Å²) in [5.41, 5.74) is 0. The molecule has 3 heteroatoms. The maximum Gasteiger partial charge on any atom is 0.0589 e. The zero-order valence-electron chi connectivity index (χ0n) is 13.3. The number of nitrogens with zero attached hydrogens (tertiary/aromatic N) is 1. The molecular formula is C16H34BrNO. The molecule has 19 heavy (non-hydrogen) atoms. The van der Waals surface area contributed by atoms with Crippen molar-refractivity contribution in [2.24, 2.45) is 5.92 Å². The van der Waals surface area contributed by atoms with E-state index in [0.717, 1.165) is 24.4 Å². The molecule has 0 aliphatic heterocycles. The van der Waals surface area contributed by atoms with E-state index in [1.54, 1.807) is 7.11 Å². The van der Waals surface area contributed by atoms with Crippen molar-refractivity contribution >= 4 is 15.9 Å². The van der Waals surface area contributed by atoms with Gasteiger partial charge >= 0.3 is 0 Å². The van der Waals surface area contributed by atoms with Crippen LogP contribution in [0.25, 0.3) is 0 Å². The average molecular weight is 336 g/mol. The Hall–Kier alpha value is 0.400. The largest absolute Gasteiger partial charge is 0.383 e. The fourth-order valence-corrected chi connectivity index (χ4v) is 2.74. The second-order valence-corrected chi connectivity index (χ2v) is 6.64. The molecule has 0 amide bonds. The third kappa shape index (κ3) is 14.6. The number of alkyl halides is 1. The molecule has 0 saturated heterocycles. The van der Waals surface area contributed by atoms with Gasteiger partial charge in [-0.1, -0.05) is 61.9 Å². The molecule has 0 spiro atoms. The van der Waals surface area contributed by atoms with Crippen molar-refractivity contribution in [2.45, 2.75) is 58.8 Å². The van der Waals surface area contributed by atoms with E-state index in [1.807, 2.05) is 0 Å². The van der Waals surface area contributed by atoms with E-state index < -0.39 is 0 Å². The lowest BCUT2D eigenvalue weighted by Gasteiger charge is -2.23. The second kappa shape index (κ2) is 14.8. The molecule has 0 fully saturated rings. The van der Waals surface area contributed by atoms with Crippen LogP contribution in [0.2, 0.25) is 0 Å². The summed E-state index contributed by atoms with van der Waals surface area (Å²) in [6, 6.07) is 0. The van der Waals surface area contributed by atoms with Crippen LogP contribution in [0, 0.1) is 5.92 Å². The van der Waals surface area contributed by atoms with Gasteiger partial charge in [0.05, 0.1) is 6.61 Å². The van der Waals surface area contributed by atoms with Crippen LogP contribution in [-0.2, 0) is 4.74 Å². The predicted molar refractivity (Wildman–Crippen MR) is 89.3 cm³/mol. The third-order valence-corrected chi connectivity index (χ3v) is 3.90. The number of methoxy groups -OCH3 is 1. The van der Waals surface area contributed by atoms with Crippen molar-refractivity contribution in [2.75, 3.05) is 38.7 Å². The van der Waals surface area contributed by atoms with Gasteiger partial charge in [-0.2, -0.15) is 0 Å². The van der Waals surface area contributed by atoms with E-state index in [4.69, 9.17) is 4.74 Å². The molecule has 0 aromatic rings. The maximum absolute atomic E-state index is 5.19. The van der Waals surface area contributed by atoms with Crippen LogP contribution in [-0.4, -0.2) is 43.6 Å². The summed E-state index contributed by atoms with van der Waals surface area (Å²) < 4.78 is 5.19. The van der Waals surface area contributed by atoms with Crippen molar-refractivity contribution in [3.63, 3.8) is 0 Å². The first-order valence-corrected chi connectivity index (χ1v) is 9.10. The summed E-state index contributed by atoms with van der Waals surface area (Å²) in [4.78, 5) is 2.55. The molecule has 0 rings (SSSR count). The van der Waals surface area contributed by atoms with Gasteiger partial charge in [-0.3, -0.25) is 0 Å². The van der Waals surface area contributed by atoms with Crippen molar-refractivity contribution in [3.05, 3.63) is 0 Å². The van der Waals surface area contributed by atoms with Crippen LogP contribution >= 0.6 is 15.9 Å². The maximum atomic E-state index is 5.19. The minimum Gasteiger partial charge on any atom is -0.383 e. The van der Waals surface area contributed by atoms with Gasteiger partial charge in [0.15, 0.2) is 0 Å². The fourth-order valence-electron chi connectivity index (χ4n) is 2.34. The van der Waals surface area contributed by atoms with E-state index in [-0.39, 0.29) is 0 Å². The Kier molecular flexibility index (Phi) is 15.1. The average Bonchev–Trinajstić information content (AvgIpc) is 2.38. The number of hydrogen-bond donors (Lipinski definition) is 0. The lowest BCUT2D eigenvalue weighted by atomic mass is 10.1. The molecule has 0 bridgehead atoms. The van der Waals surface area contributed by atoms with Crippen LogP contribution in [0.3, 0.4) is 0 Å². The molecule has 0 saturated carbocycles. The van der Waals surface area contributed by atoms with E-state index in [9.17, 15) is 0 Å². The van der Waals surface area contributed by atoms with Gasteiger partial charge < -0.3 is 9.64 Å². The predicted octanol–water partition coefficient (Wildman–Crippen LogP) is 4.72. The molecule has 0 radical (unpaired) electrons. The van der Waals surface area contributed by atoms with Gasteiger partial charge in [-0.15, -0.1) is 0 Å². The molecular weight excluding hydrogens is 302 g/mol. The minimum atomic E-state index is 0.751. The fraction of sp³-hybridized carbons (Fsp3) is 1.00. The Morgan fingerprint density at radius 3 is 2.00 bits per heavy atom. The Labute approximate surface area is 129 Å². The van der Waals surface area contributed by atoms with Gasteiger partial charge in [0.25, 0.3) is 0 Å². The highest BCUT2D eigenvalue weighted by atomic mass is 79.9. The first-order chi connectivity index (χ1) is 9.20. The van der Waals surface area contributed by atoms with E-state index in [0.29, 0.717) is 0 Å². The smallest absolute Gasteiger partial charge is 0.0589 e. The van der Waals surface area contributed by atoms with Gasteiger partial charge in [0, 0.05) is 25.5 Å². The molecule has 0 N–H and O–H groups in total. The topological polar surface area (TPSA) is 12.5 Å². The minimum absolute atomic E-state index is 0.751.